The van der Waals surface area contributed by atoms with E-state index in [1.807, 2.05) is 37.4 Å². The van der Waals surface area contributed by atoms with E-state index >= 15 is 0 Å². The SMILES string of the molecule is CC(Cc1ncc(-c2ccc(N(C=O)N3CCN(C)CC3)cc2)s1)C(C)(C)C(=O)O. The van der Waals surface area contributed by atoms with Gasteiger partial charge in [-0.3, -0.25) is 9.59 Å². The van der Waals surface area contributed by atoms with Crippen molar-refractivity contribution in [1.82, 2.24) is 14.9 Å². The number of anilines is 1. The van der Waals surface area contributed by atoms with Crippen LogP contribution < -0.4 is 5.01 Å². The third kappa shape index (κ3) is 4.88. The molecule has 7 nitrogen and oxygen atoms in total. The normalized spacial score (nSPS) is 16.9. The first-order valence-electron chi connectivity index (χ1n) is 10.2. The molecule has 0 aliphatic carbocycles. The summed E-state index contributed by atoms with van der Waals surface area (Å²) in [6.07, 6.45) is 3.34. The van der Waals surface area contributed by atoms with Crippen LogP contribution in [-0.2, 0) is 16.0 Å². The second kappa shape index (κ2) is 9.24. The van der Waals surface area contributed by atoms with Crippen LogP contribution in [0.3, 0.4) is 0 Å². The van der Waals surface area contributed by atoms with E-state index < -0.39 is 11.4 Å². The van der Waals surface area contributed by atoms with Gasteiger partial charge in [0.15, 0.2) is 0 Å². The number of carbonyl (C=O) groups is 2. The Hall–Kier alpha value is -2.29. The number of benzene rings is 1. The highest BCUT2D eigenvalue weighted by molar-refractivity contribution is 7.15. The molecule has 0 spiro atoms. The van der Waals surface area contributed by atoms with E-state index in [1.54, 1.807) is 30.2 Å². The molecular formula is C22H30N4O3S. The quantitative estimate of drug-likeness (QED) is 0.648. The number of hydrogen-bond acceptors (Lipinski definition) is 6. The van der Waals surface area contributed by atoms with Gasteiger partial charge in [0.2, 0.25) is 6.41 Å². The summed E-state index contributed by atoms with van der Waals surface area (Å²) < 4.78 is 0. The van der Waals surface area contributed by atoms with Gasteiger partial charge in [-0.1, -0.05) is 19.1 Å². The lowest BCUT2D eigenvalue weighted by Gasteiger charge is -2.38. The summed E-state index contributed by atoms with van der Waals surface area (Å²) in [6, 6.07) is 7.92. The monoisotopic (exact) mass is 430 g/mol. The summed E-state index contributed by atoms with van der Waals surface area (Å²) in [7, 11) is 2.09. The molecule has 1 aliphatic rings. The van der Waals surface area contributed by atoms with E-state index in [0.717, 1.165) is 53.7 Å². The summed E-state index contributed by atoms with van der Waals surface area (Å²) in [5, 5.41) is 14.1. The molecule has 0 radical (unpaired) electrons. The van der Waals surface area contributed by atoms with E-state index in [4.69, 9.17) is 0 Å². The fourth-order valence-electron chi connectivity index (χ4n) is 3.35. The molecule has 2 aromatic rings. The number of carboxylic acid groups (broad SMARTS) is 1. The van der Waals surface area contributed by atoms with Gasteiger partial charge in [0.25, 0.3) is 0 Å². The van der Waals surface area contributed by atoms with Crippen LogP contribution in [0.4, 0.5) is 5.69 Å². The van der Waals surface area contributed by atoms with Crippen LogP contribution in [0.5, 0.6) is 0 Å². The maximum atomic E-state index is 11.7. The smallest absolute Gasteiger partial charge is 0.309 e. The summed E-state index contributed by atoms with van der Waals surface area (Å²) >= 11 is 1.59. The predicted molar refractivity (Wildman–Crippen MR) is 119 cm³/mol. The van der Waals surface area contributed by atoms with Crippen LogP contribution in [-0.4, -0.2) is 65.6 Å². The van der Waals surface area contributed by atoms with E-state index in [2.05, 4.69) is 21.9 Å². The number of rotatable bonds is 8. The molecule has 1 fully saturated rings. The Morgan fingerprint density at radius 1 is 1.27 bits per heavy atom. The number of hydrogen-bond donors (Lipinski definition) is 1. The van der Waals surface area contributed by atoms with E-state index in [1.165, 1.54) is 0 Å². The predicted octanol–water partition coefficient (Wildman–Crippen LogP) is 3.22. The molecule has 2 heterocycles. The van der Waals surface area contributed by atoms with Crippen LogP contribution >= 0.6 is 11.3 Å². The van der Waals surface area contributed by atoms with Gasteiger partial charge in [0, 0.05) is 38.8 Å². The molecule has 1 unspecified atom stereocenters. The van der Waals surface area contributed by atoms with Crippen molar-refractivity contribution >= 4 is 29.4 Å². The van der Waals surface area contributed by atoms with Crippen molar-refractivity contribution in [3.8, 4) is 10.4 Å². The van der Waals surface area contributed by atoms with Crippen molar-refractivity contribution in [1.29, 1.82) is 0 Å². The lowest BCUT2D eigenvalue weighted by molar-refractivity contribution is -0.149. The highest BCUT2D eigenvalue weighted by atomic mass is 32.1. The number of carbonyl (C=O) groups excluding carboxylic acids is 1. The molecule has 30 heavy (non-hydrogen) atoms. The van der Waals surface area contributed by atoms with E-state index in [-0.39, 0.29) is 5.92 Å². The minimum atomic E-state index is -0.797. The Balaban J connectivity index is 1.69. The van der Waals surface area contributed by atoms with Crippen LogP contribution in [0.2, 0.25) is 0 Å². The van der Waals surface area contributed by atoms with Gasteiger partial charge in [-0.05, 0) is 44.5 Å². The third-order valence-corrected chi connectivity index (χ3v) is 7.19. The maximum absolute atomic E-state index is 11.7. The minimum Gasteiger partial charge on any atom is -0.481 e. The molecule has 1 amide bonds. The van der Waals surface area contributed by atoms with Crippen molar-refractivity contribution in [3.05, 3.63) is 35.5 Å². The first-order chi connectivity index (χ1) is 14.2. The van der Waals surface area contributed by atoms with Crippen molar-refractivity contribution in [2.24, 2.45) is 11.3 Å². The number of likely N-dealkylation sites (N-methyl/N-ethyl adjacent to an activating group) is 1. The molecule has 8 heteroatoms. The molecule has 1 aromatic heterocycles. The Kier molecular flexibility index (Phi) is 6.90. The van der Waals surface area contributed by atoms with Crippen LogP contribution in [0.15, 0.2) is 30.5 Å². The largest absolute Gasteiger partial charge is 0.481 e. The van der Waals surface area contributed by atoms with Crippen LogP contribution in [0.25, 0.3) is 10.4 Å². The third-order valence-electron chi connectivity index (χ3n) is 6.12. The highest BCUT2D eigenvalue weighted by Gasteiger charge is 2.34. The number of amides is 1. The van der Waals surface area contributed by atoms with E-state index in [0.29, 0.717) is 6.42 Å². The highest BCUT2D eigenvalue weighted by Crippen LogP contribution is 2.33. The van der Waals surface area contributed by atoms with Gasteiger partial charge in [-0.25, -0.2) is 15.0 Å². The van der Waals surface area contributed by atoms with Crippen LogP contribution in [0.1, 0.15) is 25.8 Å². The zero-order chi connectivity index (χ0) is 21.9. The molecule has 0 saturated carbocycles. The number of piperazine rings is 1. The number of carboxylic acids is 1. The molecule has 1 atom stereocenters. The van der Waals surface area contributed by atoms with Gasteiger partial charge < -0.3 is 10.0 Å². The minimum absolute atomic E-state index is 0.0267. The first-order valence-corrected chi connectivity index (χ1v) is 11.0. The number of aromatic nitrogens is 1. The van der Waals surface area contributed by atoms with Crippen molar-refractivity contribution < 1.29 is 14.7 Å². The average molecular weight is 431 g/mol. The standard InChI is InChI=1S/C22H30N4O3S/c1-16(22(2,3)21(28)29)13-20-23-14-19(30-20)17-5-7-18(8-6-17)26(15-27)25-11-9-24(4)10-12-25/h5-8,14-16H,9-13H2,1-4H3,(H,28,29). The summed E-state index contributed by atoms with van der Waals surface area (Å²) in [5.41, 5.74) is 1.09. The molecule has 162 valence electrons. The molecular weight excluding hydrogens is 400 g/mol. The topological polar surface area (TPSA) is 77.0 Å². The Morgan fingerprint density at radius 2 is 1.90 bits per heavy atom. The van der Waals surface area contributed by atoms with Crippen LogP contribution in [0, 0.1) is 11.3 Å². The second-order valence-corrected chi connectivity index (χ2v) is 9.62. The fraction of sp³-hybridized carbons (Fsp3) is 0.500. The molecule has 1 aliphatic heterocycles. The van der Waals surface area contributed by atoms with Gasteiger partial charge in [-0.15, -0.1) is 11.3 Å². The number of nitrogens with zero attached hydrogens (tertiary/aromatic N) is 4. The van der Waals surface area contributed by atoms with Gasteiger partial charge in [-0.2, -0.15) is 0 Å². The lowest BCUT2D eigenvalue weighted by atomic mass is 9.78. The Bertz CT molecular complexity index is 873. The number of aliphatic carboxylic acids is 1. The molecule has 1 saturated heterocycles. The maximum Gasteiger partial charge on any atom is 0.309 e. The van der Waals surface area contributed by atoms with E-state index in [9.17, 15) is 14.7 Å². The van der Waals surface area contributed by atoms with Gasteiger partial charge >= 0.3 is 5.97 Å². The Labute approximate surface area is 181 Å². The van der Waals surface area contributed by atoms with Gasteiger partial charge in [0.05, 0.1) is 21.0 Å². The summed E-state index contributed by atoms with van der Waals surface area (Å²) in [4.78, 5) is 31.0. The van der Waals surface area contributed by atoms with Crippen molar-refractivity contribution in [2.75, 3.05) is 38.2 Å². The number of hydrazine groups is 1. The lowest BCUT2D eigenvalue weighted by Crippen LogP contribution is -2.52. The average Bonchev–Trinajstić information content (AvgIpc) is 3.18. The van der Waals surface area contributed by atoms with Gasteiger partial charge in [0.1, 0.15) is 0 Å². The molecule has 1 aromatic carbocycles. The second-order valence-electron chi connectivity index (χ2n) is 8.50. The van der Waals surface area contributed by atoms with Crippen molar-refractivity contribution in [2.45, 2.75) is 27.2 Å². The first kappa shape index (κ1) is 22.4. The summed E-state index contributed by atoms with van der Waals surface area (Å²) in [6.45, 7) is 8.97. The molecule has 0 bridgehead atoms. The molecule has 3 rings (SSSR count). The molecule has 1 N–H and O–H groups in total. The van der Waals surface area contributed by atoms with Crippen molar-refractivity contribution in [3.63, 3.8) is 0 Å². The zero-order valence-corrected chi connectivity index (χ0v) is 18.9. The Morgan fingerprint density at radius 3 is 2.47 bits per heavy atom. The summed E-state index contributed by atoms with van der Waals surface area (Å²) in [5.74, 6) is -0.816. The fourth-order valence-corrected chi connectivity index (χ4v) is 4.40. The number of thiazole rings is 1. The zero-order valence-electron chi connectivity index (χ0n) is 18.0.